The molecule has 1 atom stereocenters. The molecule has 1 fully saturated rings. The van der Waals surface area contributed by atoms with E-state index in [0.717, 1.165) is 17.5 Å². The number of rotatable bonds is 4. The summed E-state index contributed by atoms with van der Waals surface area (Å²) in [6.45, 7) is 2.58. The summed E-state index contributed by atoms with van der Waals surface area (Å²) in [6.07, 6.45) is 2.55. The molecule has 1 unspecified atom stereocenters. The number of benzene rings is 1. The van der Waals surface area contributed by atoms with Gasteiger partial charge in [0.2, 0.25) is 5.91 Å². The van der Waals surface area contributed by atoms with Crippen molar-refractivity contribution in [2.45, 2.75) is 38.6 Å². The summed E-state index contributed by atoms with van der Waals surface area (Å²) < 4.78 is 4.76. The van der Waals surface area contributed by atoms with Crippen LogP contribution in [0.15, 0.2) is 18.2 Å². The van der Waals surface area contributed by atoms with Gasteiger partial charge in [-0.15, -0.1) is 0 Å². The van der Waals surface area contributed by atoms with Crippen molar-refractivity contribution in [2.24, 2.45) is 0 Å². The van der Waals surface area contributed by atoms with Crippen LogP contribution in [0.3, 0.4) is 0 Å². The van der Waals surface area contributed by atoms with E-state index in [1.54, 1.807) is 4.90 Å². The number of nitrogens with zero attached hydrogens (tertiary/aromatic N) is 1. The monoisotopic (exact) mass is 309 g/mol. The number of aryl methyl sites for hydroxylation is 2. The van der Waals surface area contributed by atoms with Crippen LogP contribution in [0.25, 0.3) is 0 Å². The Balaban J connectivity index is 1.94. The van der Waals surface area contributed by atoms with E-state index in [1.165, 1.54) is 7.11 Å². The Morgan fingerprint density at radius 3 is 2.86 bits per heavy atom. The van der Waals surface area contributed by atoms with Gasteiger partial charge in [0.15, 0.2) is 0 Å². The minimum atomic E-state index is -0.413. The maximum Gasteiger partial charge on any atom is 0.328 e. The summed E-state index contributed by atoms with van der Waals surface area (Å²) in [5, 5.41) is 0.716. The van der Waals surface area contributed by atoms with Gasteiger partial charge in [-0.25, -0.2) is 4.79 Å². The molecule has 1 aromatic rings. The van der Waals surface area contributed by atoms with Gasteiger partial charge < -0.3 is 9.64 Å². The van der Waals surface area contributed by atoms with Gasteiger partial charge in [-0.05, 0) is 43.4 Å². The van der Waals surface area contributed by atoms with Gasteiger partial charge in [0.25, 0.3) is 0 Å². The van der Waals surface area contributed by atoms with Crippen molar-refractivity contribution in [3.8, 4) is 0 Å². The van der Waals surface area contributed by atoms with Gasteiger partial charge >= 0.3 is 5.97 Å². The molecule has 1 saturated heterocycles. The van der Waals surface area contributed by atoms with Gasteiger partial charge in [-0.3, -0.25) is 4.79 Å². The number of esters is 1. The lowest BCUT2D eigenvalue weighted by molar-refractivity contribution is -0.150. The highest BCUT2D eigenvalue weighted by Crippen LogP contribution is 2.21. The average molecular weight is 310 g/mol. The Bertz CT molecular complexity index is 544. The summed E-state index contributed by atoms with van der Waals surface area (Å²) in [6, 6.07) is 5.42. The maximum absolute atomic E-state index is 12.3. The quantitative estimate of drug-likeness (QED) is 0.803. The Morgan fingerprint density at radius 2 is 2.19 bits per heavy atom. The normalized spacial score (nSPS) is 17.9. The molecule has 1 aliphatic rings. The lowest BCUT2D eigenvalue weighted by Gasteiger charge is -2.22. The first-order valence-electron chi connectivity index (χ1n) is 7.15. The number of likely N-dealkylation sites (tertiary alicyclic amines) is 1. The van der Waals surface area contributed by atoms with E-state index in [0.29, 0.717) is 30.8 Å². The largest absolute Gasteiger partial charge is 0.467 e. The molecule has 0 N–H and O–H groups in total. The van der Waals surface area contributed by atoms with Crippen molar-refractivity contribution in [3.05, 3.63) is 34.3 Å². The molecule has 0 radical (unpaired) electrons. The molecule has 0 saturated carbocycles. The number of methoxy groups -OCH3 is 1. The number of carbonyl (C=O) groups is 2. The van der Waals surface area contributed by atoms with Gasteiger partial charge in [0.05, 0.1) is 7.11 Å². The Labute approximate surface area is 130 Å². The van der Waals surface area contributed by atoms with Gasteiger partial charge in [-0.2, -0.15) is 0 Å². The third-order valence-corrected chi connectivity index (χ3v) is 4.32. The van der Waals surface area contributed by atoms with Gasteiger partial charge in [0.1, 0.15) is 6.04 Å². The van der Waals surface area contributed by atoms with E-state index in [-0.39, 0.29) is 11.9 Å². The molecule has 0 aromatic heterocycles. The summed E-state index contributed by atoms with van der Waals surface area (Å²) in [5.41, 5.74) is 2.06. The topological polar surface area (TPSA) is 46.6 Å². The van der Waals surface area contributed by atoms with Crippen LogP contribution in [0.4, 0.5) is 0 Å². The van der Waals surface area contributed by atoms with Crippen molar-refractivity contribution in [1.29, 1.82) is 0 Å². The van der Waals surface area contributed by atoms with Crippen molar-refractivity contribution in [3.63, 3.8) is 0 Å². The van der Waals surface area contributed by atoms with Crippen LogP contribution in [0.5, 0.6) is 0 Å². The molecule has 0 bridgehead atoms. The molecule has 0 aliphatic carbocycles. The van der Waals surface area contributed by atoms with E-state index in [1.807, 2.05) is 25.1 Å². The molecule has 2 rings (SSSR count). The zero-order valence-corrected chi connectivity index (χ0v) is 13.2. The summed E-state index contributed by atoms with van der Waals surface area (Å²) in [4.78, 5) is 25.6. The van der Waals surface area contributed by atoms with Gasteiger partial charge in [-0.1, -0.05) is 23.7 Å². The first-order chi connectivity index (χ1) is 10.0. The predicted octanol–water partition coefficient (Wildman–Crippen LogP) is 2.75. The maximum atomic E-state index is 12.3. The van der Waals surface area contributed by atoms with Crippen molar-refractivity contribution >= 4 is 23.5 Å². The third kappa shape index (κ3) is 3.76. The fourth-order valence-electron chi connectivity index (χ4n) is 2.63. The molecule has 4 nitrogen and oxygen atoms in total. The molecule has 5 heteroatoms. The Kier molecular flexibility index (Phi) is 5.23. The van der Waals surface area contributed by atoms with Crippen molar-refractivity contribution in [1.82, 2.24) is 4.90 Å². The summed E-state index contributed by atoms with van der Waals surface area (Å²) >= 11 is 6.08. The highest BCUT2D eigenvalue weighted by Gasteiger charge is 2.34. The molecule has 1 heterocycles. The van der Waals surface area contributed by atoms with E-state index in [4.69, 9.17) is 16.3 Å². The fourth-order valence-corrected chi connectivity index (χ4v) is 2.84. The van der Waals surface area contributed by atoms with E-state index < -0.39 is 6.04 Å². The SMILES string of the molecule is COC(=O)C1CCCN1C(=O)CCc1ccc(C)c(Cl)c1. The fraction of sp³-hybridized carbons (Fsp3) is 0.500. The molecule has 0 spiro atoms. The summed E-state index contributed by atoms with van der Waals surface area (Å²) in [7, 11) is 1.36. The van der Waals surface area contributed by atoms with E-state index >= 15 is 0 Å². The number of amides is 1. The summed E-state index contributed by atoms with van der Waals surface area (Å²) in [5.74, 6) is -0.321. The number of hydrogen-bond acceptors (Lipinski definition) is 3. The second-order valence-electron chi connectivity index (χ2n) is 5.35. The zero-order chi connectivity index (χ0) is 15.4. The molecule has 1 aliphatic heterocycles. The van der Waals surface area contributed by atoms with Crippen LogP contribution < -0.4 is 0 Å². The second-order valence-corrected chi connectivity index (χ2v) is 5.76. The molecule has 114 valence electrons. The first-order valence-corrected chi connectivity index (χ1v) is 7.53. The predicted molar refractivity (Wildman–Crippen MR) is 81.3 cm³/mol. The van der Waals surface area contributed by atoms with E-state index in [2.05, 4.69) is 0 Å². The van der Waals surface area contributed by atoms with E-state index in [9.17, 15) is 9.59 Å². The van der Waals surface area contributed by atoms with Crippen molar-refractivity contribution < 1.29 is 14.3 Å². The van der Waals surface area contributed by atoms with Crippen molar-refractivity contribution in [2.75, 3.05) is 13.7 Å². The lowest BCUT2D eigenvalue weighted by Crippen LogP contribution is -2.41. The Hall–Kier alpha value is -1.55. The van der Waals surface area contributed by atoms with Crippen LogP contribution in [-0.4, -0.2) is 36.5 Å². The van der Waals surface area contributed by atoms with Gasteiger partial charge in [0, 0.05) is 18.0 Å². The number of halogens is 1. The van der Waals surface area contributed by atoms with Crippen LogP contribution in [0, 0.1) is 6.92 Å². The lowest BCUT2D eigenvalue weighted by atomic mass is 10.1. The first kappa shape index (κ1) is 15.8. The second kappa shape index (κ2) is 6.94. The average Bonchev–Trinajstić information content (AvgIpc) is 2.97. The number of hydrogen-bond donors (Lipinski definition) is 0. The molecule has 21 heavy (non-hydrogen) atoms. The third-order valence-electron chi connectivity index (χ3n) is 3.91. The number of carbonyl (C=O) groups excluding carboxylic acids is 2. The highest BCUT2D eigenvalue weighted by atomic mass is 35.5. The molecule has 1 amide bonds. The minimum absolute atomic E-state index is 0.000373. The highest BCUT2D eigenvalue weighted by molar-refractivity contribution is 6.31. The Morgan fingerprint density at radius 1 is 1.43 bits per heavy atom. The molecular formula is C16H20ClNO3. The van der Waals surface area contributed by atoms with Crippen LogP contribution >= 0.6 is 11.6 Å². The molecule has 1 aromatic carbocycles. The zero-order valence-electron chi connectivity index (χ0n) is 12.4. The standard InChI is InChI=1S/C16H20ClNO3/c1-11-5-6-12(10-13(11)17)7-8-15(19)18-9-3-4-14(18)16(20)21-2/h5-6,10,14H,3-4,7-9H2,1-2H3. The van der Waals surface area contributed by atoms with Crippen LogP contribution in [0.2, 0.25) is 5.02 Å². The smallest absolute Gasteiger partial charge is 0.328 e. The van der Waals surface area contributed by atoms with Crippen LogP contribution in [-0.2, 0) is 20.7 Å². The number of ether oxygens (including phenoxy) is 1. The minimum Gasteiger partial charge on any atom is -0.467 e. The molecular weight excluding hydrogens is 290 g/mol. The van der Waals surface area contributed by atoms with Crippen LogP contribution in [0.1, 0.15) is 30.4 Å².